The number of likely N-dealkylation sites (tertiary alicyclic amines) is 1. The average molecular weight is 533 g/mol. The van der Waals surface area contributed by atoms with Crippen LogP contribution in [0.1, 0.15) is 68.9 Å². The molecule has 1 heterocycles. The van der Waals surface area contributed by atoms with Crippen LogP contribution in [0.15, 0.2) is 60.3 Å². The molecule has 0 amide bonds. The fourth-order valence-corrected chi connectivity index (χ4v) is 5.14. The summed E-state index contributed by atoms with van der Waals surface area (Å²) < 4.78 is 25.2. The number of benzene rings is 2. The van der Waals surface area contributed by atoms with Crippen LogP contribution in [0.5, 0.6) is 0 Å². The molecule has 0 spiro atoms. The van der Waals surface area contributed by atoms with Crippen LogP contribution in [0, 0.1) is 17.6 Å². The predicted molar refractivity (Wildman–Crippen MR) is 139 cm³/mol. The Bertz CT molecular complexity index is 939. The van der Waals surface area contributed by atoms with Crippen LogP contribution in [0.2, 0.25) is 0 Å². The number of ketones is 1. The lowest BCUT2D eigenvalue weighted by Crippen LogP contribution is -2.28. The van der Waals surface area contributed by atoms with Crippen molar-refractivity contribution in [2.45, 2.75) is 69.5 Å². The molecule has 0 bridgehead atoms. The van der Waals surface area contributed by atoms with Crippen molar-refractivity contribution < 1.29 is 13.6 Å². The van der Waals surface area contributed by atoms with E-state index in [1.54, 1.807) is 17.8 Å². The van der Waals surface area contributed by atoms with Crippen molar-refractivity contribution in [2.24, 2.45) is 5.92 Å². The van der Waals surface area contributed by atoms with Gasteiger partial charge in [0.15, 0.2) is 0 Å². The van der Waals surface area contributed by atoms with E-state index in [0.29, 0.717) is 24.0 Å². The van der Waals surface area contributed by atoms with E-state index in [1.165, 1.54) is 75.9 Å². The van der Waals surface area contributed by atoms with E-state index in [0.717, 1.165) is 24.0 Å². The van der Waals surface area contributed by atoms with Crippen molar-refractivity contribution in [3.05, 3.63) is 83.1 Å². The molecule has 184 valence electrons. The second-order valence-corrected chi connectivity index (χ2v) is 9.85. The van der Waals surface area contributed by atoms with Crippen molar-refractivity contribution in [3.63, 3.8) is 0 Å². The lowest BCUT2D eigenvalue weighted by atomic mass is 9.97. The Labute approximate surface area is 211 Å². The second kappa shape index (κ2) is 14.4. The van der Waals surface area contributed by atoms with E-state index < -0.39 is 0 Å². The first-order valence-electron chi connectivity index (χ1n) is 12.6. The molecular formula is C29H36BrF2NO. The van der Waals surface area contributed by atoms with Crippen molar-refractivity contribution in [1.82, 2.24) is 4.90 Å². The van der Waals surface area contributed by atoms with E-state index in [-0.39, 0.29) is 17.6 Å². The molecule has 1 atom stereocenters. The predicted octanol–water partition coefficient (Wildman–Crippen LogP) is 8.00. The molecule has 1 saturated carbocycles. The maximum Gasteiger partial charge on any atom is 0.136 e. The van der Waals surface area contributed by atoms with Gasteiger partial charge < -0.3 is 4.90 Å². The van der Waals surface area contributed by atoms with Crippen LogP contribution >= 0.6 is 15.9 Å². The maximum absolute atomic E-state index is 12.9. The highest BCUT2D eigenvalue weighted by Gasteiger charge is 2.24. The number of allylic oxidation sites excluding steroid dienone is 2. The van der Waals surface area contributed by atoms with Crippen LogP contribution in [0.4, 0.5) is 8.78 Å². The molecule has 2 aliphatic carbocycles. The van der Waals surface area contributed by atoms with Gasteiger partial charge in [-0.25, -0.2) is 8.78 Å². The normalized spacial score (nSPS) is 19.6. The summed E-state index contributed by atoms with van der Waals surface area (Å²) in [6.45, 7) is 2.65. The first-order chi connectivity index (χ1) is 16.5. The zero-order valence-corrected chi connectivity index (χ0v) is 21.5. The van der Waals surface area contributed by atoms with Gasteiger partial charge in [0.2, 0.25) is 0 Å². The smallest absolute Gasteiger partial charge is 0.136 e. The molecule has 3 aliphatic rings. The summed E-state index contributed by atoms with van der Waals surface area (Å²) >= 11 is 3.22. The van der Waals surface area contributed by atoms with Gasteiger partial charge in [-0.15, -0.1) is 0 Å². The molecule has 2 nitrogen and oxygen atoms in total. The van der Waals surface area contributed by atoms with Gasteiger partial charge in [-0.2, -0.15) is 0 Å². The topological polar surface area (TPSA) is 20.3 Å². The quantitative estimate of drug-likeness (QED) is 0.372. The molecule has 34 heavy (non-hydrogen) atoms. The van der Waals surface area contributed by atoms with Crippen LogP contribution in [-0.4, -0.2) is 23.8 Å². The van der Waals surface area contributed by atoms with Crippen molar-refractivity contribution in [2.75, 3.05) is 13.1 Å². The van der Waals surface area contributed by atoms with Crippen LogP contribution < -0.4 is 0 Å². The van der Waals surface area contributed by atoms with Crippen LogP contribution in [0.3, 0.4) is 0 Å². The zero-order valence-electron chi connectivity index (χ0n) is 20.0. The molecule has 1 aliphatic heterocycles. The molecular weight excluding hydrogens is 496 g/mol. The van der Waals surface area contributed by atoms with Crippen molar-refractivity contribution in [3.8, 4) is 0 Å². The van der Waals surface area contributed by atoms with Gasteiger partial charge in [-0.3, -0.25) is 4.79 Å². The Balaban J connectivity index is 0.000000147. The highest BCUT2D eigenvalue weighted by molar-refractivity contribution is 9.08. The number of hydrogen-bond donors (Lipinski definition) is 0. The van der Waals surface area contributed by atoms with Gasteiger partial charge >= 0.3 is 0 Å². The summed E-state index contributed by atoms with van der Waals surface area (Å²) in [6, 6.07) is 13.1. The number of halogens is 3. The molecule has 0 aromatic heterocycles. The van der Waals surface area contributed by atoms with E-state index >= 15 is 0 Å². The molecule has 1 saturated heterocycles. The minimum atomic E-state index is -0.215. The van der Waals surface area contributed by atoms with Gasteiger partial charge in [0.1, 0.15) is 17.4 Å². The number of nitrogens with zero attached hydrogens (tertiary/aromatic N) is 1. The maximum atomic E-state index is 12.9. The van der Waals surface area contributed by atoms with E-state index in [9.17, 15) is 13.6 Å². The third kappa shape index (κ3) is 8.98. The second-order valence-electron chi connectivity index (χ2n) is 9.29. The fourth-order valence-electron chi connectivity index (χ4n) is 4.79. The van der Waals surface area contributed by atoms with Gasteiger partial charge in [0, 0.05) is 36.5 Å². The van der Waals surface area contributed by atoms with Gasteiger partial charge in [-0.05, 0) is 93.2 Å². The number of rotatable bonds is 4. The number of alkyl halides is 1. The third-order valence-corrected chi connectivity index (χ3v) is 7.27. The molecule has 2 fully saturated rings. The minimum absolute atomic E-state index is 0.136. The Hall–Kier alpha value is -2.01. The first kappa shape index (κ1) is 26.6. The SMILES string of the molecule is C1=C(N2CCCCC2)CCC1.Fc1cccc(CBr)c1.O=C1CCCC1Cc1cccc(F)c1. The summed E-state index contributed by atoms with van der Waals surface area (Å²) in [5.41, 5.74) is 3.55. The van der Waals surface area contributed by atoms with E-state index in [2.05, 4.69) is 26.9 Å². The number of carbonyl (C=O) groups is 1. The van der Waals surface area contributed by atoms with E-state index in [4.69, 9.17) is 0 Å². The van der Waals surface area contributed by atoms with E-state index in [1.807, 2.05) is 12.1 Å². The molecule has 2 aromatic rings. The highest BCUT2D eigenvalue weighted by atomic mass is 79.9. The fraction of sp³-hybridized carbons (Fsp3) is 0.483. The number of carbonyl (C=O) groups excluding carboxylic acids is 1. The molecule has 5 heteroatoms. The number of hydrogen-bond acceptors (Lipinski definition) is 2. The summed E-state index contributed by atoms with van der Waals surface area (Å²) in [5, 5.41) is 0.713. The largest absolute Gasteiger partial charge is 0.375 e. The monoisotopic (exact) mass is 531 g/mol. The number of piperidine rings is 1. The Morgan fingerprint density at radius 2 is 1.53 bits per heavy atom. The third-order valence-electron chi connectivity index (χ3n) is 6.62. The summed E-state index contributed by atoms with van der Waals surface area (Å²) in [6.07, 6.45) is 14.2. The lowest BCUT2D eigenvalue weighted by molar-refractivity contribution is -0.120. The molecule has 0 radical (unpaired) electrons. The Kier molecular flexibility index (Phi) is 11.3. The summed E-state index contributed by atoms with van der Waals surface area (Å²) in [4.78, 5) is 14.0. The van der Waals surface area contributed by atoms with Gasteiger partial charge in [0.05, 0.1) is 0 Å². The number of Topliss-reactive ketones (excluding diaryl/α,β-unsaturated/α-hetero) is 1. The van der Waals surface area contributed by atoms with Crippen LogP contribution in [-0.2, 0) is 16.5 Å². The Morgan fingerprint density at radius 1 is 0.853 bits per heavy atom. The molecule has 2 aromatic carbocycles. The molecule has 0 N–H and O–H groups in total. The lowest BCUT2D eigenvalue weighted by Gasteiger charge is -2.29. The minimum Gasteiger partial charge on any atom is -0.375 e. The van der Waals surface area contributed by atoms with Gasteiger partial charge in [-0.1, -0.05) is 46.3 Å². The zero-order chi connectivity index (χ0) is 24.2. The Morgan fingerprint density at radius 3 is 2.06 bits per heavy atom. The van der Waals surface area contributed by atoms with Gasteiger partial charge in [0.25, 0.3) is 0 Å². The standard InChI is InChI=1S/C12H13FO.C10H17N.C7H6BrF/c13-11-5-1-3-9(8-11)7-10-4-2-6-12(10)14;1-4-8-11(9-5-1)10-6-2-3-7-10;8-5-6-2-1-3-7(9)4-6/h1,3,5,8,10H,2,4,6-7H2;6H,1-5,7-9H2;1-4H,5H2. The average Bonchev–Trinajstić information content (AvgIpc) is 3.53. The summed E-state index contributed by atoms with van der Waals surface area (Å²) in [7, 11) is 0. The molecule has 5 rings (SSSR count). The molecule has 1 unspecified atom stereocenters. The summed E-state index contributed by atoms with van der Waals surface area (Å²) in [5.74, 6) is 0.0888. The van der Waals surface area contributed by atoms with Crippen molar-refractivity contribution >= 4 is 21.7 Å². The van der Waals surface area contributed by atoms with Crippen molar-refractivity contribution in [1.29, 1.82) is 0 Å². The highest BCUT2D eigenvalue weighted by Crippen LogP contribution is 2.25. The van der Waals surface area contributed by atoms with Crippen LogP contribution in [0.25, 0.3) is 0 Å². The first-order valence-corrected chi connectivity index (χ1v) is 13.7.